The summed E-state index contributed by atoms with van der Waals surface area (Å²) >= 11 is 9.37. The maximum absolute atomic E-state index is 11.8. The van der Waals surface area contributed by atoms with Crippen molar-refractivity contribution in [3.05, 3.63) is 33.3 Å². The van der Waals surface area contributed by atoms with Crippen molar-refractivity contribution in [1.82, 2.24) is 0 Å². The highest BCUT2D eigenvalue weighted by Crippen LogP contribution is 2.34. The Balaban J connectivity index is 2.06. The molecule has 0 amide bonds. The van der Waals surface area contributed by atoms with Crippen molar-refractivity contribution in [2.75, 3.05) is 0 Å². The number of Topliss-reactive ketones (excluding diaryl/α,β-unsaturated/α-hetero) is 1. The SMILES string of the molecule is O=C(CCC1CC1)c1cccc(Br)c1Cl. The molecule has 0 heterocycles. The average molecular weight is 288 g/mol. The zero-order valence-corrected chi connectivity index (χ0v) is 10.6. The molecule has 0 atom stereocenters. The smallest absolute Gasteiger partial charge is 0.164 e. The summed E-state index contributed by atoms with van der Waals surface area (Å²) in [5, 5.41) is 0.540. The van der Waals surface area contributed by atoms with Crippen LogP contribution in [0.1, 0.15) is 36.0 Å². The monoisotopic (exact) mass is 286 g/mol. The summed E-state index contributed by atoms with van der Waals surface area (Å²) in [5.74, 6) is 0.952. The van der Waals surface area contributed by atoms with Crippen LogP contribution in [-0.4, -0.2) is 5.78 Å². The van der Waals surface area contributed by atoms with E-state index in [4.69, 9.17) is 11.6 Å². The summed E-state index contributed by atoms with van der Waals surface area (Å²) in [4.78, 5) is 11.8. The number of carbonyl (C=O) groups is 1. The summed E-state index contributed by atoms with van der Waals surface area (Å²) in [6, 6.07) is 5.49. The second-order valence-electron chi connectivity index (χ2n) is 4.01. The third-order valence-corrected chi connectivity index (χ3v) is 4.02. The first-order valence-corrected chi connectivity index (χ1v) is 6.33. The molecule has 0 N–H and O–H groups in total. The van der Waals surface area contributed by atoms with Gasteiger partial charge in [-0.25, -0.2) is 0 Å². The lowest BCUT2D eigenvalue weighted by molar-refractivity contribution is 0.0978. The van der Waals surface area contributed by atoms with E-state index in [9.17, 15) is 4.79 Å². The fourth-order valence-electron chi connectivity index (χ4n) is 1.60. The number of rotatable bonds is 4. The second kappa shape index (κ2) is 4.67. The molecule has 1 aliphatic rings. The van der Waals surface area contributed by atoms with Crippen LogP contribution in [0.5, 0.6) is 0 Å². The molecule has 1 aromatic rings. The maximum Gasteiger partial charge on any atom is 0.164 e. The van der Waals surface area contributed by atoms with E-state index < -0.39 is 0 Å². The molecule has 0 saturated heterocycles. The molecule has 1 aromatic carbocycles. The van der Waals surface area contributed by atoms with Crippen LogP contribution in [0.15, 0.2) is 22.7 Å². The van der Waals surface area contributed by atoms with Crippen molar-refractivity contribution in [2.45, 2.75) is 25.7 Å². The Bertz CT molecular complexity index is 385. The Kier molecular flexibility index (Phi) is 3.47. The van der Waals surface area contributed by atoms with Gasteiger partial charge < -0.3 is 0 Å². The first-order valence-electron chi connectivity index (χ1n) is 5.15. The molecule has 2 rings (SSSR count). The van der Waals surface area contributed by atoms with E-state index in [0.717, 1.165) is 16.8 Å². The molecular formula is C12H12BrClO. The van der Waals surface area contributed by atoms with Crippen molar-refractivity contribution in [2.24, 2.45) is 5.92 Å². The Morgan fingerprint density at radius 1 is 1.47 bits per heavy atom. The van der Waals surface area contributed by atoms with Gasteiger partial charge in [-0.05, 0) is 40.4 Å². The van der Waals surface area contributed by atoms with E-state index in [1.165, 1.54) is 12.8 Å². The molecule has 15 heavy (non-hydrogen) atoms. The van der Waals surface area contributed by atoms with Crippen LogP contribution in [0.2, 0.25) is 5.02 Å². The normalized spacial score (nSPS) is 15.3. The van der Waals surface area contributed by atoms with Crippen LogP contribution < -0.4 is 0 Å². The summed E-state index contributed by atoms with van der Waals surface area (Å²) in [6.07, 6.45) is 4.22. The molecule has 0 bridgehead atoms. The summed E-state index contributed by atoms with van der Waals surface area (Å²) < 4.78 is 0.793. The van der Waals surface area contributed by atoms with Gasteiger partial charge in [-0.15, -0.1) is 0 Å². The van der Waals surface area contributed by atoms with Crippen molar-refractivity contribution in [3.63, 3.8) is 0 Å². The minimum Gasteiger partial charge on any atom is -0.294 e. The highest BCUT2D eigenvalue weighted by Gasteiger charge is 2.22. The molecule has 1 nitrogen and oxygen atoms in total. The number of hydrogen-bond donors (Lipinski definition) is 0. The Labute approximate surface area is 103 Å². The van der Waals surface area contributed by atoms with Crippen LogP contribution in [-0.2, 0) is 0 Å². The van der Waals surface area contributed by atoms with E-state index in [1.54, 1.807) is 6.07 Å². The lowest BCUT2D eigenvalue weighted by Crippen LogP contribution is -2.00. The zero-order chi connectivity index (χ0) is 10.8. The number of benzene rings is 1. The van der Waals surface area contributed by atoms with Gasteiger partial charge in [0.15, 0.2) is 5.78 Å². The Morgan fingerprint density at radius 2 is 2.20 bits per heavy atom. The fourth-order valence-corrected chi connectivity index (χ4v) is 2.19. The summed E-state index contributed by atoms with van der Waals surface area (Å²) in [5.41, 5.74) is 0.645. The summed E-state index contributed by atoms with van der Waals surface area (Å²) in [6.45, 7) is 0. The maximum atomic E-state index is 11.8. The topological polar surface area (TPSA) is 17.1 Å². The number of halogens is 2. The van der Waals surface area contributed by atoms with E-state index in [0.29, 0.717) is 17.0 Å². The van der Waals surface area contributed by atoms with E-state index in [2.05, 4.69) is 15.9 Å². The van der Waals surface area contributed by atoms with Crippen LogP contribution in [0.4, 0.5) is 0 Å². The standard InChI is InChI=1S/C12H12BrClO/c13-10-3-1-2-9(12(10)14)11(15)7-6-8-4-5-8/h1-3,8H,4-7H2. The molecule has 3 heteroatoms. The first-order chi connectivity index (χ1) is 7.18. The minimum absolute atomic E-state index is 0.160. The molecule has 0 radical (unpaired) electrons. The molecular weight excluding hydrogens is 275 g/mol. The van der Waals surface area contributed by atoms with E-state index in [1.807, 2.05) is 12.1 Å². The largest absolute Gasteiger partial charge is 0.294 e. The quantitative estimate of drug-likeness (QED) is 0.746. The highest BCUT2D eigenvalue weighted by molar-refractivity contribution is 9.10. The molecule has 1 aliphatic carbocycles. The lowest BCUT2D eigenvalue weighted by Gasteiger charge is -2.04. The van der Waals surface area contributed by atoms with Gasteiger partial charge in [0.2, 0.25) is 0 Å². The third-order valence-electron chi connectivity index (χ3n) is 2.73. The van der Waals surface area contributed by atoms with Gasteiger partial charge in [-0.2, -0.15) is 0 Å². The second-order valence-corrected chi connectivity index (χ2v) is 5.24. The van der Waals surface area contributed by atoms with E-state index >= 15 is 0 Å². The first kappa shape index (κ1) is 11.2. The molecule has 0 spiro atoms. The van der Waals surface area contributed by atoms with Crippen molar-refractivity contribution < 1.29 is 4.79 Å². The third kappa shape index (κ3) is 2.82. The molecule has 0 aromatic heterocycles. The van der Waals surface area contributed by atoms with Gasteiger partial charge >= 0.3 is 0 Å². The zero-order valence-electron chi connectivity index (χ0n) is 8.30. The van der Waals surface area contributed by atoms with Gasteiger partial charge in [-0.1, -0.05) is 30.5 Å². The van der Waals surface area contributed by atoms with Crippen LogP contribution >= 0.6 is 27.5 Å². The Hall–Kier alpha value is -0.340. The molecule has 80 valence electrons. The predicted molar refractivity (Wildman–Crippen MR) is 65.4 cm³/mol. The van der Waals surface area contributed by atoms with Crippen LogP contribution in [0, 0.1) is 5.92 Å². The minimum atomic E-state index is 0.160. The van der Waals surface area contributed by atoms with Gasteiger partial charge in [0, 0.05) is 16.5 Å². The van der Waals surface area contributed by atoms with Crippen molar-refractivity contribution >= 4 is 33.3 Å². The predicted octanol–water partition coefficient (Wildman–Crippen LogP) is 4.48. The molecule has 1 saturated carbocycles. The highest BCUT2D eigenvalue weighted by atomic mass is 79.9. The van der Waals surface area contributed by atoms with Gasteiger partial charge in [-0.3, -0.25) is 4.79 Å². The lowest BCUT2D eigenvalue weighted by atomic mass is 10.1. The number of hydrogen-bond acceptors (Lipinski definition) is 1. The summed E-state index contributed by atoms with van der Waals surface area (Å²) in [7, 11) is 0. The number of ketones is 1. The fraction of sp³-hybridized carbons (Fsp3) is 0.417. The van der Waals surface area contributed by atoms with Gasteiger partial charge in [0.1, 0.15) is 0 Å². The van der Waals surface area contributed by atoms with Crippen molar-refractivity contribution in [1.29, 1.82) is 0 Å². The molecule has 1 fully saturated rings. The Morgan fingerprint density at radius 3 is 2.87 bits per heavy atom. The van der Waals surface area contributed by atoms with Gasteiger partial charge in [0.25, 0.3) is 0 Å². The number of carbonyl (C=O) groups excluding carboxylic acids is 1. The molecule has 0 unspecified atom stereocenters. The average Bonchev–Trinajstić information content (AvgIpc) is 3.02. The molecule has 0 aliphatic heterocycles. The van der Waals surface area contributed by atoms with Crippen LogP contribution in [0.3, 0.4) is 0 Å². The van der Waals surface area contributed by atoms with Crippen molar-refractivity contribution in [3.8, 4) is 0 Å². The van der Waals surface area contributed by atoms with Gasteiger partial charge in [0.05, 0.1) is 5.02 Å². The van der Waals surface area contributed by atoms with Crippen LogP contribution in [0.25, 0.3) is 0 Å². The van der Waals surface area contributed by atoms with E-state index in [-0.39, 0.29) is 5.78 Å².